The fourth-order valence-corrected chi connectivity index (χ4v) is 1.82. The summed E-state index contributed by atoms with van der Waals surface area (Å²) < 4.78 is 38.2. The number of hydrogen-bond donors (Lipinski definition) is 0. The van der Waals surface area contributed by atoms with Crippen LogP contribution in [0.25, 0.3) is 0 Å². The Morgan fingerprint density at radius 1 is 0.480 bits per heavy atom. The van der Waals surface area contributed by atoms with Gasteiger partial charge in [0.25, 0.3) is 0 Å². The third-order valence-electron chi connectivity index (χ3n) is 2.64. The fraction of sp³-hybridized carbons (Fsp3) is 0.882. The van der Waals surface area contributed by atoms with Crippen LogP contribution >= 0.6 is 22.6 Å². The Bertz CT molecular complexity index is 287. The Morgan fingerprint density at radius 3 is 1.04 bits per heavy atom. The lowest BCUT2D eigenvalue weighted by Crippen LogP contribution is -2.14. The van der Waals surface area contributed by atoms with E-state index in [1.807, 2.05) is 0 Å². The van der Waals surface area contributed by atoms with Crippen molar-refractivity contribution in [2.45, 2.75) is 0 Å². The molecule has 0 bridgehead atoms. The van der Waals surface area contributed by atoms with Gasteiger partial charge in [-0.3, -0.25) is 0 Å². The molecule has 0 aliphatic rings. The quantitative estimate of drug-likeness (QED) is 0.107. The maximum absolute atomic E-state index is 5.39. The number of terminal acetylenes is 1. The molecule has 0 N–H and O–H groups in total. The first kappa shape index (κ1) is 25.0. The summed E-state index contributed by atoms with van der Waals surface area (Å²) in [6, 6.07) is 0. The summed E-state index contributed by atoms with van der Waals surface area (Å²) in [5.74, 6) is 2.39. The number of hydrogen-bond acceptors (Lipinski definition) is 7. The Morgan fingerprint density at radius 2 is 0.760 bits per heavy atom. The summed E-state index contributed by atoms with van der Waals surface area (Å²) in [4.78, 5) is 0. The van der Waals surface area contributed by atoms with Crippen LogP contribution in [-0.4, -0.2) is 96.9 Å². The number of alkyl halides is 1. The third kappa shape index (κ3) is 24.0. The maximum Gasteiger partial charge on any atom is 0.107 e. The first-order chi connectivity index (χ1) is 12.4. The zero-order valence-electron chi connectivity index (χ0n) is 14.9. The summed E-state index contributed by atoms with van der Waals surface area (Å²) in [6.07, 6.45) is 5.05. The van der Waals surface area contributed by atoms with Crippen LogP contribution in [0.15, 0.2) is 0 Å². The van der Waals surface area contributed by atoms with E-state index in [1.165, 1.54) is 0 Å². The molecule has 0 aliphatic carbocycles. The van der Waals surface area contributed by atoms with Gasteiger partial charge >= 0.3 is 0 Å². The smallest absolute Gasteiger partial charge is 0.107 e. The van der Waals surface area contributed by atoms with E-state index in [0.717, 1.165) is 11.0 Å². The predicted molar refractivity (Wildman–Crippen MR) is 103 cm³/mol. The van der Waals surface area contributed by atoms with Gasteiger partial charge in [-0.05, 0) is 0 Å². The molecule has 148 valence electrons. The maximum atomic E-state index is 5.39. The topological polar surface area (TPSA) is 64.6 Å². The minimum Gasteiger partial charge on any atom is -0.378 e. The summed E-state index contributed by atoms with van der Waals surface area (Å²) in [5, 5.41) is 0. The molecule has 0 radical (unpaired) electrons. The molecule has 0 aromatic heterocycles. The Hall–Kier alpha value is 0.01000. The van der Waals surface area contributed by atoms with E-state index in [-0.39, 0.29) is 0 Å². The molecule has 0 atom stereocenters. The second-order valence-electron chi connectivity index (χ2n) is 4.62. The van der Waals surface area contributed by atoms with Gasteiger partial charge in [-0.2, -0.15) is 0 Å². The Balaban J connectivity index is 2.95. The molecule has 0 saturated heterocycles. The van der Waals surface area contributed by atoms with Crippen LogP contribution in [0.3, 0.4) is 0 Å². The molecule has 0 fully saturated rings. The van der Waals surface area contributed by atoms with E-state index < -0.39 is 0 Å². The molecule has 0 aromatic rings. The van der Waals surface area contributed by atoms with Crippen LogP contribution in [0.5, 0.6) is 0 Å². The van der Waals surface area contributed by atoms with Gasteiger partial charge in [-0.1, -0.05) is 28.5 Å². The minimum absolute atomic E-state index is 0.321. The molecule has 8 heteroatoms. The Kier molecular flexibility index (Phi) is 24.0. The molecule has 0 heterocycles. The highest BCUT2D eigenvalue weighted by Crippen LogP contribution is 1.86. The highest BCUT2D eigenvalue weighted by molar-refractivity contribution is 14.1. The average molecular weight is 474 g/mol. The molecule has 0 spiro atoms. The van der Waals surface area contributed by atoms with Gasteiger partial charge in [-0.25, -0.2) is 0 Å². The van der Waals surface area contributed by atoms with E-state index in [9.17, 15) is 0 Å². The van der Waals surface area contributed by atoms with Gasteiger partial charge in [-0.15, -0.1) is 6.42 Å². The molecule has 0 unspecified atom stereocenters. The lowest BCUT2D eigenvalue weighted by atomic mass is 10.6. The zero-order chi connectivity index (χ0) is 18.3. The first-order valence-electron chi connectivity index (χ1n) is 8.45. The van der Waals surface area contributed by atoms with E-state index in [2.05, 4.69) is 28.5 Å². The number of ether oxygens (including phenoxy) is 7. The van der Waals surface area contributed by atoms with Crippen molar-refractivity contribution in [2.24, 2.45) is 0 Å². The minimum atomic E-state index is 0.321. The van der Waals surface area contributed by atoms with Crippen LogP contribution in [-0.2, 0) is 33.2 Å². The predicted octanol–water partition coefficient (Wildman–Crippen LogP) is 1.17. The van der Waals surface area contributed by atoms with Crippen molar-refractivity contribution in [1.82, 2.24) is 0 Å². The van der Waals surface area contributed by atoms with Gasteiger partial charge in [0, 0.05) is 4.43 Å². The normalized spacial score (nSPS) is 10.9. The third-order valence-corrected chi connectivity index (χ3v) is 3.08. The van der Waals surface area contributed by atoms with E-state index in [1.54, 1.807) is 0 Å². The molecule has 7 nitrogen and oxygen atoms in total. The molecule has 0 rings (SSSR count). The molecule has 0 aromatic carbocycles. The summed E-state index contributed by atoms with van der Waals surface area (Å²) >= 11 is 2.27. The monoisotopic (exact) mass is 474 g/mol. The zero-order valence-corrected chi connectivity index (χ0v) is 17.1. The summed E-state index contributed by atoms with van der Waals surface area (Å²) in [6.45, 7) is 7.75. The number of rotatable bonds is 21. The van der Waals surface area contributed by atoms with Crippen LogP contribution < -0.4 is 0 Å². The standard InChI is InChI=1S/C17H31IO7/c1-2-4-19-6-8-21-10-12-23-14-16-25-17-15-24-13-11-22-9-7-20-5-3-18/h1H,3-17H2. The fourth-order valence-electron chi connectivity index (χ4n) is 1.51. The molecule has 25 heavy (non-hydrogen) atoms. The van der Waals surface area contributed by atoms with E-state index in [0.29, 0.717) is 85.9 Å². The lowest BCUT2D eigenvalue weighted by molar-refractivity contribution is -0.0191. The molecular weight excluding hydrogens is 443 g/mol. The van der Waals surface area contributed by atoms with Gasteiger partial charge in [0.15, 0.2) is 0 Å². The van der Waals surface area contributed by atoms with Crippen LogP contribution in [0.2, 0.25) is 0 Å². The van der Waals surface area contributed by atoms with Gasteiger partial charge < -0.3 is 33.2 Å². The van der Waals surface area contributed by atoms with Crippen molar-refractivity contribution in [1.29, 1.82) is 0 Å². The lowest BCUT2D eigenvalue weighted by Gasteiger charge is -2.08. The van der Waals surface area contributed by atoms with Crippen LogP contribution in [0, 0.1) is 12.3 Å². The highest BCUT2D eigenvalue weighted by atomic mass is 127. The van der Waals surface area contributed by atoms with Crippen molar-refractivity contribution < 1.29 is 33.2 Å². The van der Waals surface area contributed by atoms with Crippen molar-refractivity contribution in [3.8, 4) is 12.3 Å². The molecule has 0 amide bonds. The van der Waals surface area contributed by atoms with Crippen molar-refractivity contribution in [3.05, 3.63) is 0 Å². The average Bonchev–Trinajstić information content (AvgIpc) is 2.63. The van der Waals surface area contributed by atoms with E-state index in [4.69, 9.17) is 39.6 Å². The number of halogens is 1. The second-order valence-corrected chi connectivity index (χ2v) is 5.70. The largest absolute Gasteiger partial charge is 0.378 e. The summed E-state index contributed by atoms with van der Waals surface area (Å²) in [5.41, 5.74) is 0. The Labute approximate surface area is 165 Å². The second kappa shape index (κ2) is 24.0. The van der Waals surface area contributed by atoms with Crippen LogP contribution in [0.4, 0.5) is 0 Å². The molecular formula is C17H31IO7. The van der Waals surface area contributed by atoms with Gasteiger partial charge in [0.2, 0.25) is 0 Å². The van der Waals surface area contributed by atoms with Gasteiger partial charge in [0.1, 0.15) is 6.61 Å². The highest BCUT2D eigenvalue weighted by Gasteiger charge is 1.94. The first-order valence-corrected chi connectivity index (χ1v) is 9.98. The van der Waals surface area contributed by atoms with Crippen LogP contribution in [0.1, 0.15) is 0 Å². The summed E-state index contributed by atoms with van der Waals surface area (Å²) in [7, 11) is 0. The molecule has 0 aliphatic heterocycles. The molecule has 0 saturated carbocycles. The van der Waals surface area contributed by atoms with Crippen molar-refractivity contribution in [2.75, 3.05) is 96.9 Å². The van der Waals surface area contributed by atoms with Crippen molar-refractivity contribution in [3.63, 3.8) is 0 Å². The van der Waals surface area contributed by atoms with Gasteiger partial charge in [0.05, 0.1) is 85.9 Å². The SMILES string of the molecule is C#CCOCCOCCOCCOCCOCCOCCOCCI. The van der Waals surface area contributed by atoms with E-state index >= 15 is 0 Å². The van der Waals surface area contributed by atoms with Crippen molar-refractivity contribution >= 4 is 22.6 Å².